The quantitative estimate of drug-likeness (QED) is 0.731. The third-order valence-corrected chi connectivity index (χ3v) is 3.99. The number of thiocarbonyl (C=S) groups is 1. The molecule has 2 N–H and O–H groups in total. The fraction of sp³-hybridized carbons (Fsp3) is 0.235. The molecule has 0 aliphatic rings. The molecule has 1 unspecified atom stereocenters. The van der Waals surface area contributed by atoms with Crippen molar-refractivity contribution in [3.8, 4) is 0 Å². The lowest BCUT2D eigenvalue weighted by atomic mass is 10.0. The fourth-order valence-corrected chi connectivity index (χ4v) is 2.77. The molecule has 0 spiro atoms. The summed E-state index contributed by atoms with van der Waals surface area (Å²) in [5, 5.41) is 7.23. The summed E-state index contributed by atoms with van der Waals surface area (Å²) in [4.78, 5) is 0. The maximum atomic E-state index is 5.41. The molecule has 0 fully saturated rings. The van der Waals surface area contributed by atoms with E-state index in [4.69, 9.17) is 12.2 Å². The van der Waals surface area contributed by atoms with Crippen molar-refractivity contribution >= 4 is 38.9 Å². The third-order valence-electron chi connectivity index (χ3n) is 3.28. The lowest BCUT2D eigenvalue weighted by Gasteiger charge is -2.20. The lowest BCUT2D eigenvalue weighted by Crippen LogP contribution is -2.32. The number of rotatable bonds is 4. The first kappa shape index (κ1) is 16.0. The number of hydrogen-bond donors (Lipinski definition) is 2. The van der Waals surface area contributed by atoms with Gasteiger partial charge in [-0.2, -0.15) is 0 Å². The predicted molar refractivity (Wildman–Crippen MR) is 97.7 cm³/mol. The van der Waals surface area contributed by atoms with Gasteiger partial charge in [0.15, 0.2) is 5.11 Å². The molecule has 0 saturated carbocycles. The van der Waals surface area contributed by atoms with Crippen molar-refractivity contribution in [3.05, 3.63) is 64.1 Å². The topological polar surface area (TPSA) is 24.1 Å². The zero-order valence-corrected chi connectivity index (χ0v) is 14.6. The molecule has 2 aromatic rings. The molecule has 0 radical (unpaired) electrons. The molecular weight excluding hydrogens is 344 g/mol. The number of benzene rings is 2. The van der Waals surface area contributed by atoms with E-state index in [0.717, 1.165) is 16.6 Å². The van der Waals surface area contributed by atoms with E-state index in [9.17, 15) is 0 Å². The van der Waals surface area contributed by atoms with Crippen molar-refractivity contribution in [3.63, 3.8) is 0 Å². The van der Waals surface area contributed by atoms with E-state index < -0.39 is 0 Å². The van der Waals surface area contributed by atoms with Crippen molar-refractivity contribution in [2.45, 2.75) is 26.3 Å². The Morgan fingerprint density at radius 2 is 1.90 bits per heavy atom. The highest BCUT2D eigenvalue weighted by molar-refractivity contribution is 9.10. The zero-order chi connectivity index (χ0) is 15.2. The molecule has 0 heterocycles. The molecule has 0 aliphatic heterocycles. The van der Waals surface area contributed by atoms with E-state index in [1.807, 2.05) is 24.3 Å². The van der Waals surface area contributed by atoms with Gasteiger partial charge in [0.05, 0.1) is 6.04 Å². The monoisotopic (exact) mass is 362 g/mol. The average Bonchev–Trinajstić information content (AvgIpc) is 2.46. The Kier molecular flexibility index (Phi) is 5.76. The van der Waals surface area contributed by atoms with Gasteiger partial charge in [-0.1, -0.05) is 58.7 Å². The predicted octanol–water partition coefficient (Wildman–Crippen LogP) is 5.20. The van der Waals surface area contributed by atoms with Gasteiger partial charge in [0.2, 0.25) is 0 Å². The Morgan fingerprint density at radius 1 is 1.19 bits per heavy atom. The first-order valence-electron chi connectivity index (χ1n) is 6.98. The molecular formula is C17H19BrN2S. The van der Waals surface area contributed by atoms with Crippen LogP contribution in [-0.2, 0) is 0 Å². The van der Waals surface area contributed by atoms with Crippen LogP contribution in [0.2, 0.25) is 0 Å². The van der Waals surface area contributed by atoms with Crippen LogP contribution in [0.25, 0.3) is 0 Å². The Bertz CT molecular complexity index is 610. The summed E-state index contributed by atoms with van der Waals surface area (Å²) < 4.78 is 1.03. The van der Waals surface area contributed by atoms with Crippen LogP contribution < -0.4 is 10.6 Å². The molecule has 2 nitrogen and oxygen atoms in total. The van der Waals surface area contributed by atoms with Gasteiger partial charge >= 0.3 is 0 Å². The van der Waals surface area contributed by atoms with E-state index >= 15 is 0 Å². The summed E-state index contributed by atoms with van der Waals surface area (Å²) in [5.74, 6) is 0. The number of halogens is 1. The minimum atomic E-state index is 0.220. The molecule has 0 saturated heterocycles. The van der Waals surface area contributed by atoms with E-state index in [0.29, 0.717) is 5.11 Å². The largest absolute Gasteiger partial charge is 0.356 e. The molecule has 0 aliphatic carbocycles. The summed E-state index contributed by atoms with van der Waals surface area (Å²) in [6.45, 7) is 4.25. The molecule has 2 aromatic carbocycles. The molecule has 4 heteroatoms. The molecule has 2 rings (SSSR count). The van der Waals surface area contributed by atoms with E-state index in [-0.39, 0.29) is 6.04 Å². The van der Waals surface area contributed by atoms with Crippen LogP contribution >= 0.6 is 28.1 Å². The van der Waals surface area contributed by atoms with Crippen LogP contribution in [-0.4, -0.2) is 5.11 Å². The Morgan fingerprint density at radius 3 is 2.52 bits per heavy atom. The number of anilines is 1. The van der Waals surface area contributed by atoms with Crippen LogP contribution in [0.1, 0.15) is 30.5 Å². The number of aryl methyl sites for hydroxylation is 1. The van der Waals surface area contributed by atoms with Crippen LogP contribution in [0, 0.1) is 6.92 Å². The number of hydrogen-bond acceptors (Lipinski definition) is 1. The lowest BCUT2D eigenvalue weighted by molar-refractivity contribution is 0.629. The third kappa shape index (κ3) is 4.83. The Hall–Kier alpha value is -1.39. The highest BCUT2D eigenvalue weighted by Gasteiger charge is 2.10. The first-order valence-corrected chi connectivity index (χ1v) is 8.18. The van der Waals surface area contributed by atoms with Crippen molar-refractivity contribution < 1.29 is 0 Å². The Balaban J connectivity index is 2.01. The molecule has 21 heavy (non-hydrogen) atoms. The van der Waals surface area contributed by atoms with Crippen molar-refractivity contribution in [2.75, 3.05) is 5.32 Å². The van der Waals surface area contributed by atoms with Crippen LogP contribution in [0.15, 0.2) is 53.0 Å². The van der Waals surface area contributed by atoms with E-state index in [2.05, 4.69) is 64.7 Å². The van der Waals surface area contributed by atoms with Crippen molar-refractivity contribution in [1.82, 2.24) is 5.32 Å². The van der Waals surface area contributed by atoms with Crippen LogP contribution in [0.4, 0.5) is 5.69 Å². The summed E-state index contributed by atoms with van der Waals surface area (Å²) in [6, 6.07) is 16.7. The first-order chi connectivity index (χ1) is 10.1. The zero-order valence-electron chi connectivity index (χ0n) is 12.2. The molecule has 110 valence electrons. The smallest absolute Gasteiger partial charge is 0.171 e. The molecule has 0 bridgehead atoms. The minimum Gasteiger partial charge on any atom is -0.356 e. The minimum absolute atomic E-state index is 0.220. The fourth-order valence-electron chi connectivity index (χ4n) is 2.11. The van der Waals surface area contributed by atoms with Gasteiger partial charge in [-0.3, -0.25) is 0 Å². The maximum Gasteiger partial charge on any atom is 0.171 e. The standard InChI is InChI=1S/C17H19BrN2S/c1-3-16(13-9-7-12(2)8-10-13)20-17(21)19-15-6-4-5-14(18)11-15/h4-11,16H,3H2,1-2H3,(H2,19,20,21). The van der Waals surface area contributed by atoms with Gasteiger partial charge in [0.25, 0.3) is 0 Å². The Labute approximate surface area is 140 Å². The summed E-state index contributed by atoms with van der Waals surface area (Å²) in [5.41, 5.74) is 3.49. The van der Waals surface area contributed by atoms with Gasteiger partial charge in [0, 0.05) is 10.2 Å². The molecule has 0 aromatic heterocycles. The van der Waals surface area contributed by atoms with Gasteiger partial charge in [-0.25, -0.2) is 0 Å². The summed E-state index contributed by atoms with van der Waals surface area (Å²) in [6.07, 6.45) is 0.976. The van der Waals surface area contributed by atoms with Crippen molar-refractivity contribution in [2.24, 2.45) is 0 Å². The van der Waals surface area contributed by atoms with Crippen LogP contribution in [0.5, 0.6) is 0 Å². The highest BCUT2D eigenvalue weighted by atomic mass is 79.9. The number of nitrogens with one attached hydrogen (secondary N) is 2. The van der Waals surface area contributed by atoms with Gasteiger partial charge in [-0.15, -0.1) is 0 Å². The second-order valence-corrected chi connectivity index (χ2v) is 6.30. The maximum absolute atomic E-state index is 5.41. The van der Waals surface area contributed by atoms with Crippen LogP contribution in [0.3, 0.4) is 0 Å². The molecule has 1 atom stereocenters. The van der Waals surface area contributed by atoms with E-state index in [1.54, 1.807) is 0 Å². The van der Waals surface area contributed by atoms with Crippen molar-refractivity contribution in [1.29, 1.82) is 0 Å². The summed E-state index contributed by atoms with van der Waals surface area (Å²) in [7, 11) is 0. The highest BCUT2D eigenvalue weighted by Crippen LogP contribution is 2.19. The second-order valence-electron chi connectivity index (χ2n) is 4.98. The SMILES string of the molecule is CCC(NC(=S)Nc1cccc(Br)c1)c1ccc(C)cc1. The van der Waals surface area contributed by atoms with E-state index in [1.165, 1.54) is 11.1 Å². The van der Waals surface area contributed by atoms with Gasteiger partial charge in [-0.05, 0) is 49.3 Å². The van der Waals surface area contributed by atoms with Gasteiger partial charge < -0.3 is 10.6 Å². The normalized spacial score (nSPS) is 11.8. The van der Waals surface area contributed by atoms with Gasteiger partial charge in [0.1, 0.15) is 0 Å². The average molecular weight is 363 g/mol. The molecule has 0 amide bonds. The summed E-state index contributed by atoms with van der Waals surface area (Å²) >= 11 is 8.87. The second kappa shape index (κ2) is 7.57.